The molecule has 1 heterocycles. The van der Waals surface area contributed by atoms with Gasteiger partial charge in [0.1, 0.15) is 5.82 Å². The van der Waals surface area contributed by atoms with Crippen LogP contribution in [0.5, 0.6) is 0 Å². The van der Waals surface area contributed by atoms with Crippen molar-refractivity contribution < 1.29 is 13.2 Å². The van der Waals surface area contributed by atoms with Crippen molar-refractivity contribution in [2.24, 2.45) is 0 Å². The molecule has 1 aromatic heterocycles. The van der Waals surface area contributed by atoms with Gasteiger partial charge in [0.15, 0.2) is 0 Å². The molecule has 0 spiro atoms. The Bertz CT molecular complexity index is 893. The minimum absolute atomic E-state index is 0.166. The number of rotatable bonds is 5. The van der Waals surface area contributed by atoms with Crippen molar-refractivity contribution in [3.63, 3.8) is 0 Å². The number of hydrogen-bond donors (Lipinski definition) is 1. The van der Waals surface area contributed by atoms with E-state index in [1.807, 2.05) is 14.1 Å². The molecule has 0 aliphatic rings. The summed E-state index contributed by atoms with van der Waals surface area (Å²) in [5.41, 5.74) is 1.47. The molecule has 2 aromatic rings. The molecule has 134 valence electrons. The van der Waals surface area contributed by atoms with Crippen molar-refractivity contribution in [3.05, 3.63) is 47.7 Å². The lowest BCUT2D eigenvalue weighted by Gasteiger charge is -2.15. The van der Waals surface area contributed by atoms with Crippen molar-refractivity contribution in [2.45, 2.75) is 11.8 Å². The number of aromatic nitrogens is 1. The van der Waals surface area contributed by atoms with Crippen LogP contribution >= 0.6 is 0 Å². The second-order valence-corrected chi connectivity index (χ2v) is 8.14. The summed E-state index contributed by atoms with van der Waals surface area (Å²) in [6.45, 7) is 1.72. The van der Waals surface area contributed by atoms with E-state index in [-0.39, 0.29) is 10.8 Å². The van der Waals surface area contributed by atoms with Crippen LogP contribution in [0.25, 0.3) is 0 Å². The van der Waals surface area contributed by atoms with Gasteiger partial charge in [-0.3, -0.25) is 4.79 Å². The third-order valence-electron chi connectivity index (χ3n) is 3.67. The Hall–Kier alpha value is -2.45. The Morgan fingerprint density at radius 2 is 1.76 bits per heavy atom. The van der Waals surface area contributed by atoms with Crippen LogP contribution in [0.1, 0.15) is 15.9 Å². The number of benzene rings is 1. The fraction of sp³-hybridized carbons (Fsp3) is 0.294. The van der Waals surface area contributed by atoms with E-state index in [1.54, 1.807) is 42.3 Å². The van der Waals surface area contributed by atoms with Crippen molar-refractivity contribution in [2.75, 3.05) is 38.4 Å². The van der Waals surface area contributed by atoms with E-state index in [1.165, 1.54) is 20.2 Å². The number of amides is 1. The summed E-state index contributed by atoms with van der Waals surface area (Å²) in [6, 6.07) is 8.09. The van der Waals surface area contributed by atoms with Gasteiger partial charge in [0.25, 0.3) is 5.91 Å². The molecule has 0 saturated carbocycles. The zero-order chi connectivity index (χ0) is 18.8. The first-order chi connectivity index (χ1) is 11.6. The third kappa shape index (κ3) is 4.15. The van der Waals surface area contributed by atoms with Gasteiger partial charge in [-0.25, -0.2) is 17.7 Å². The van der Waals surface area contributed by atoms with E-state index in [0.717, 1.165) is 4.31 Å². The van der Waals surface area contributed by atoms with Crippen molar-refractivity contribution in [1.29, 1.82) is 0 Å². The highest BCUT2D eigenvalue weighted by molar-refractivity contribution is 7.89. The van der Waals surface area contributed by atoms with Crippen LogP contribution in [0.15, 0.2) is 41.4 Å². The minimum atomic E-state index is -3.58. The first-order valence-electron chi connectivity index (χ1n) is 7.61. The van der Waals surface area contributed by atoms with Crippen LogP contribution in [-0.4, -0.2) is 51.8 Å². The predicted molar refractivity (Wildman–Crippen MR) is 98.6 cm³/mol. The molecule has 1 amide bonds. The highest BCUT2D eigenvalue weighted by Gasteiger charge is 2.20. The standard InChI is InChI=1S/C17H22N4O3S/c1-12-6-7-14(11-15(12)25(23,24)21(4)5)19-17(22)13-8-9-18-16(10-13)20(2)3/h6-11H,1-5H3,(H,19,22). The molecule has 7 nitrogen and oxygen atoms in total. The van der Waals surface area contributed by atoms with Gasteiger partial charge in [-0.2, -0.15) is 0 Å². The second kappa shape index (κ2) is 7.20. The zero-order valence-electron chi connectivity index (χ0n) is 14.9. The Kier molecular flexibility index (Phi) is 5.44. The second-order valence-electron chi connectivity index (χ2n) is 6.02. The number of nitrogens with one attached hydrogen (secondary N) is 1. The number of carbonyl (C=O) groups is 1. The maximum Gasteiger partial charge on any atom is 0.255 e. The number of hydrogen-bond acceptors (Lipinski definition) is 5. The molecule has 0 bridgehead atoms. The summed E-state index contributed by atoms with van der Waals surface area (Å²) < 4.78 is 25.9. The van der Waals surface area contributed by atoms with Gasteiger partial charge in [0.2, 0.25) is 10.0 Å². The zero-order valence-corrected chi connectivity index (χ0v) is 15.8. The lowest BCUT2D eigenvalue weighted by Crippen LogP contribution is -2.23. The third-order valence-corrected chi connectivity index (χ3v) is 5.63. The summed E-state index contributed by atoms with van der Waals surface area (Å²) >= 11 is 0. The molecular formula is C17H22N4O3S. The van der Waals surface area contributed by atoms with Crippen LogP contribution in [-0.2, 0) is 10.0 Å². The molecule has 8 heteroatoms. The number of carbonyl (C=O) groups excluding carboxylic acids is 1. The Morgan fingerprint density at radius 3 is 2.36 bits per heavy atom. The SMILES string of the molecule is Cc1ccc(NC(=O)c2ccnc(N(C)C)c2)cc1S(=O)(=O)N(C)C. The van der Waals surface area contributed by atoms with Gasteiger partial charge in [-0.05, 0) is 36.8 Å². The number of nitrogens with zero attached hydrogens (tertiary/aromatic N) is 3. The summed E-state index contributed by atoms with van der Waals surface area (Å²) in [4.78, 5) is 18.6. The molecular weight excluding hydrogens is 340 g/mol. The van der Waals surface area contributed by atoms with E-state index in [9.17, 15) is 13.2 Å². The lowest BCUT2D eigenvalue weighted by molar-refractivity contribution is 0.102. The first kappa shape index (κ1) is 18.9. The van der Waals surface area contributed by atoms with Crippen LogP contribution in [0, 0.1) is 6.92 Å². The van der Waals surface area contributed by atoms with Gasteiger partial charge in [0.05, 0.1) is 4.90 Å². The van der Waals surface area contributed by atoms with Crippen LogP contribution in [0.3, 0.4) is 0 Å². The number of pyridine rings is 1. The van der Waals surface area contributed by atoms with Gasteiger partial charge in [-0.1, -0.05) is 6.07 Å². The molecule has 0 aliphatic heterocycles. The summed E-state index contributed by atoms with van der Waals surface area (Å²) in [6.07, 6.45) is 1.56. The predicted octanol–water partition coefficient (Wildman–Crippen LogP) is 1.96. The Labute approximate surface area is 148 Å². The summed E-state index contributed by atoms with van der Waals surface area (Å²) in [5.74, 6) is 0.329. The van der Waals surface area contributed by atoms with Crippen molar-refractivity contribution >= 4 is 27.4 Å². The van der Waals surface area contributed by atoms with Gasteiger partial charge >= 0.3 is 0 Å². The fourth-order valence-corrected chi connectivity index (χ4v) is 3.30. The van der Waals surface area contributed by atoms with Crippen molar-refractivity contribution in [3.8, 4) is 0 Å². The average Bonchev–Trinajstić information content (AvgIpc) is 2.56. The summed E-state index contributed by atoms with van der Waals surface area (Å²) in [7, 11) is 3.03. The van der Waals surface area contributed by atoms with Crippen LogP contribution < -0.4 is 10.2 Å². The maximum atomic E-state index is 12.5. The van der Waals surface area contributed by atoms with Gasteiger partial charge < -0.3 is 10.2 Å². The molecule has 0 atom stereocenters. The number of aryl methyl sites for hydroxylation is 1. The molecule has 25 heavy (non-hydrogen) atoms. The minimum Gasteiger partial charge on any atom is -0.363 e. The molecule has 2 rings (SSSR count). The van der Waals surface area contributed by atoms with E-state index < -0.39 is 10.0 Å². The molecule has 0 aliphatic carbocycles. The molecule has 0 saturated heterocycles. The normalized spacial score (nSPS) is 11.4. The quantitative estimate of drug-likeness (QED) is 0.879. The summed E-state index contributed by atoms with van der Waals surface area (Å²) in [5, 5.41) is 2.73. The van der Waals surface area contributed by atoms with Crippen LogP contribution in [0.2, 0.25) is 0 Å². The number of anilines is 2. The van der Waals surface area contributed by atoms with E-state index in [2.05, 4.69) is 10.3 Å². The maximum absolute atomic E-state index is 12.5. The smallest absolute Gasteiger partial charge is 0.255 e. The number of sulfonamides is 1. The molecule has 1 aromatic carbocycles. The van der Waals surface area contributed by atoms with E-state index >= 15 is 0 Å². The molecule has 0 fully saturated rings. The Morgan fingerprint density at radius 1 is 1.08 bits per heavy atom. The lowest BCUT2D eigenvalue weighted by atomic mass is 10.2. The first-order valence-corrected chi connectivity index (χ1v) is 9.05. The van der Waals surface area contributed by atoms with E-state index in [4.69, 9.17) is 0 Å². The van der Waals surface area contributed by atoms with Crippen LogP contribution in [0.4, 0.5) is 11.5 Å². The average molecular weight is 362 g/mol. The molecule has 0 radical (unpaired) electrons. The fourth-order valence-electron chi connectivity index (χ4n) is 2.16. The molecule has 0 unspecified atom stereocenters. The highest BCUT2D eigenvalue weighted by Crippen LogP contribution is 2.23. The topological polar surface area (TPSA) is 82.6 Å². The van der Waals surface area contributed by atoms with Gasteiger partial charge in [-0.15, -0.1) is 0 Å². The van der Waals surface area contributed by atoms with Crippen molar-refractivity contribution in [1.82, 2.24) is 9.29 Å². The highest BCUT2D eigenvalue weighted by atomic mass is 32.2. The van der Waals surface area contributed by atoms with Gasteiger partial charge in [0, 0.05) is 45.6 Å². The molecule has 1 N–H and O–H groups in total. The monoisotopic (exact) mass is 362 g/mol. The largest absolute Gasteiger partial charge is 0.363 e. The Balaban J connectivity index is 2.32. The van der Waals surface area contributed by atoms with E-state index in [0.29, 0.717) is 22.6 Å².